The standard InChI is InChI=1S/C7H8O3S.C5H12N4O.CH4/c1-6-2-4-7(5-3-6)11(8,9)10;1-2-4(6)3-8-9-5(7)10;/h2-5H,1H3,(H,8,9,10);3-4H,2,6H2,1H3,(H3,7,9,10);1H4/b;8-3+;/t;4-;/m.0./s1. The van der Waals surface area contributed by atoms with Crippen LogP contribution in [-0.4, -0.2) is 31.3 Å². The maximum atomic E-state index is 10.4. The third kappa shape index (κ3) is 10.8. The monoisotopic (exact) mass is 332 g/mol. The Hall–Kier alpha value is -1.97. The van der Waals surface area contributed by atoms with E-state index < -0.39 is 16.1 Å². The normalized spacial score (nSPS) is 11.8. The molecule has 0 fully saturated rings. The number of urea groups is 1. The van der Waals surface area contributed by atoms with Crippen LogP contribution in [0.1, 0.15) is 26.3 Å². The molecule has 2 amide bonds. The largest absolute Gasteiger partial charge is 0.744 e. The van der Waals surface area contributed by atoms with Gasteiger partial charge in [-0.05, 0) is 19.1 Å². The predicted molar refractivity (Wildman–Crippen MR) is 84.1 cm³/mol. The highest BCUT2D eigenvalue weighted by Gasteiger charge is 1.97. The number of amides is 2. The molecule has 1 rings (SSSR count). The number of hydrazone groups is 1. The minimum atomic E-state index is -4.27. The summed E-state index contributed by atoms with van der Waals surface area (Å²) in [5, 5.41) is 3.53. The molecule has 0 aliphatic carbocycles. The van der Waals surface area contributed by atoms with Gasteiger partial charge in [0.05, 0.1) is 11.1 Å². The van der Waals surface area contributed by atoms with Gasteiger partial charge in [-0.25, -0.2) is 18.6 Å². The van der Waals surface area contributed by atoms with E-state index in [1.165, 1.54) is 12.1 Å². The molecular formula is C13H24N4O4S. The zero-order valence-electron chi connectivity index (χ0n) is 11.9. The zero-order chi connectivity index (χ0) is 16.5. The first-order valence-electron chi connectivity index (χ1n) is 6.11. The van der Waals surface area contributed by atoms with E-state index in [-0.39, 0.29) is 18.4 Å². The van der Waals surface area contributed by atoms with E-state index in [1.54, 1.807) is 18.3 Å². The number of benzene rings is 1. The molecule has 1 aromatic rings. The van der Waals surface area contributed by atoms with Gasteiger partial charge in [-0.2, -0.15) is 5.10 Å². The van der Waals surface area contributed by atoms with Gasteiger partial charge >= 0.3 is 6.03 Å². The summed E-state index contributed by atoms with van der Waals surface area (Å²) in [6.07, 6.45) is 2.44. The van der Waals surface area contributed by atoms with Gasteiger partial charge < -0.3 is 16.0 Å². The van der Waals surface area contributed by atoms with Crippen LogP contribution >= 0.6 is 0 Å². The molecule has 0 spiro atoms. The van der Waals surface area contributed by atoms with Gasteiger partial charge in [-0.15, -0.1) is 0 Å². The molecule has 9 heteroatoms. The molecule has 8 nitrogen and oxygen atoms in total. The second-order valence-corrected chi connectivity index (χ2v) is 5.57. The fourth-order valence-corrected chi connectivity index (χ4v) is 1.49. The lowest BCUT2D eigenvalue weighted by molar-refractivity contribution is -0.393. The molecule has 0 bridgehead atoms. The topological polar surface area (TPSA) is 152 Å². The third-order valence-corrected chi connectivity index (χ3v) is 3.14. The second kappa shape index (κ2) is 10.7. The minimum absolute atomic E-state index is 0. The molecule has 6 N–H and O–H groups in total. The number of carbonyl (C=O) groups is 1. The summed E-state index contributed by atoms with van der Waals surface area (Å²) in [6, 6.07) is 5.26. The third-order valence-electron chi connectivity index (χ3n) is 2.29. The molecule has 0 saturated heterocycles. The Labute approximate surface area is 131 Å². The lowest BCUT2D eigenvalue weighted by atomic mass is 10.2. The van der Waals surface area contributed by atoms with E-state index in [9.17, 15) is 17.8 Å². The molecule has 0 aliphatic rings. The minimum Gasteiger partial charge on any atom is -0.744 e. The first-order chi connectivity index (χ1) is 9.66. The Bertz CT molecular complexity index is 570. The lowest BCUT2D eigenvalue weighted by Gasteiger charge is -2.05. The van der Waals surface area contributed by atoms with Crippen molar-refractivity contribution in [1.29, 1.82) is 0 Å². The van der Waals surface area contributed by atoms with Gasteiger partial charge in [0.15, 0.2) is 0 Å². The van der Waals surface area contributed by atoms with Crippen molar-refractivity contribution in [3.8, 4) is 0 Å². The number of carbonyl (C=O) groups excluding carboxylic acids is 1. The maximum absolute atomic E-state index is 10.4. The molecule has 1 atom stereocenters. The van der Waals surface area contributed by atoms with E-state index in [1.807, 2.05) is 13.8 Å². The van der Waals surface area contributed by atoms with Crippen LogP contribution in [-0.2, 0) is 10.1 Å². The Morgan fingerprint density at radius 2 is 1.95 bits per heavy atom. The van der Waals surface area contributed by atoms with Crippen molar-refractivity contribution in [2.45, 2.75) is 38.6 Å². The Morgan fingerprint density at radius 1 is 1.45 bits per heavy atom. The number of hydrogen-bond acceptors (Lipinski definition) is 5. The maximum Gasteiger partial charge on any atom is 0.332 e. The first-order valence-corrected chi connectivity index (χ1v) is 7.52. The molecular weight excluding hydrogens is 308 g/mol. The predicted octanol–water partition coefficient (Wildman–Crippen LogP) is 0.196. The number of aryl methyl sites for hydroxylation is 1. The number of nitrogens with two attached hydrogens (primary N) is 1. The van der Waals surface area contributed by atoms with Crippen molar-refractivity contribution in [3.05, 3.63) is 29.8 Å². The van der Waals surface area contributed by atoms with Crippen LogP contribution in [0.25, 0.3) is 0 Å². The summed E-state index contributed by atoms with van der Waals surface area (Å²) < 4.78 is 31.2. The summed E-state index contributed by atoms with van der Waals surface area (Å²) in [5.74, 6) is 0. The van der Waals surface area contributed by atoms with Gasteiger partial charge in [0.25, 0.3) is 0 Å². The molecule has 0 saturated carbocycles. The average Bonchev–Trinajstić information content (AvgIpc) is 2.38. The number of nitrogens with one attached hydrogen (secondary N) is 1. The number of hydrogen-bond donors (Lipinski definition) is 3. The highest BCUT2D eigenvalue weighted by Crippen LogP contribution is 2.08. The van der Waals surface area contributed by atoms with Crippen molar-refractivity contribution in [2.75, 3.05) is 0 Å². The van der Waals surface area contributed by atoms with Crippen LogP contribution in [0.5, 0.6) is 0 Å². The smallest absolute Gasteiger partial charge is 0.332 e. The number of quaternary nitrogens is 1. The number of nitrogens with zero attached hydrogens (tertiary/aromatic N) is 1. The summed E-state index contributed by atoms with van der Waals surface area (Å²) in [6.45, 7) is 3.80. The average molecular weight is 332 g/mol. The van der Waals surface area contributed by atoms with Gasteiger partial charge in [-0.3, -0.25) is 0 Å². The fourth-order valence-electron chi connectivity index (χ4n) is 1.02. The van der Waals surface area contributed by atoms with E-state index in [4.69, 9.17) is 5.73 Å². The van der Waals surface area contributed by atoms with Crippen molar-refractivity contribution in [1.82, 2.24) is 5.43 Å². The zero-order valence-corrected chi connectivity index (χ0v) is 12.8. The highest BCUT2D eigenvalue weighted by molar-refractivity contribution is 7.85. The van der Waals surface area contributed by atoms with Gasteiger partial charge in [-0.1, -0.05) is 32.0 Å². The van der Waals surface area contributed by atoms with Crippen LogP contribution in [0.15, 0.2) is 34.3 Å². The summed E-state index contributed by atoms with van der Waals surface area (Å²) in [4.78, 5) is 9.87. The Balaban J connectivity index is 0. The molecule has 126 valence electrons. The SMILES string of the molecule is C.CC[C@H]([NH3+])/C=N/NC(N)=O.Cc1ccc(S(=O)(=O)[O-])cc1. The van der Waals surface area contributed by atoms with Crippen molar-refractivity contribution in [3.63, 3.8) is 0 Å². The Morgan fingerprint density at radius 3 is 2.32 bits per heavy atom. The fraction of sp³-hybridized carbons (Fsp3) is 0.385. The first kappa shape index (κ1) is 22.3. The van der Waals surface area contributed by atoms with Gasteiger partial charge in [0, 0.05) is 6.42 Å². The van der Waals surface area contributed by atoms with Crippen LogP contribution in [0.3, 0.4) is 0 Å². The van der Waals surface area contributed by atoms with Crippen molar-refractivity contribution < 1.29 is 23.5 Å². The molecule has 0 aliphatic heterocycles. The quantitative estimate of drug-likeness (QED) is 0.409. The van der Waals surface area contributed by atoms with Crippen LogP contribution < -0.4 is 16.9 Å². The molecule has 0 radical (unpaired) electrons. The number of primary amides is 1. The van der Waals surface area contributed by atoms with E-state index >= 15 is 0 Å². The summed E-state index contributed by atoms with van der Waals surface area (Å²) >= 11 is 0. The lowest BCUT2D eigenvalue weighted by Crippen LogP contribution is -2.61. The Kier molecular flexibility index (Phi) is 10.9. The van der Waals surface area contributed by atoms with E-state index in [2.05, 4.69) is 16.3 Å². The highest BCUT2D eigenvalue weighted by atomic mass is 32.2. The molecule has 1 aromatic carbocycles. The molecule has 0 heterocycles. The number of rotatable bonds is 4. The van der Waals surface area contributed by atoms with Gasteiger partial charge in [0.2, 0.25) is 0 Å². The van der Waals surface area contributed by atoms with E-state index in [0.717, 1.165) is 12.0 Å². The summed E-state index contributed by atoms with van der Waals surface area (Å²) in [5.41, 5.74) is 11.5. The van der Waals surface area contributed by atoms with E-state index in [0.29, 0.717) is 0 Å². The van der Waals surface area contributed by atoms with Crippen LogP contribution in [0, 0.1) is 6.92 Å². The summed E-state index contributed by atoms with van der Waals surface area (Å²) in [7, 11) is -4.27. The van der Waals surface area contributed by atoms with Gasteiger partial charge in [0.1, 0.15) is 16.2 Å². The second-order valence-electron chi connectivity index (χ2n) is 4.19. The molecule has 0 aromatic heterocycles. The molecule has 22 heavy (non-hydrogen) atoms. The van der Waals surface area contributed by atoms with Crippen molar-refractivity contribution >= 4 is 22.4 Å². The van der Waals surface area contributed by atoms with Crippen molar-refractivity contribution in [2.24, 2.45) is 10.8 Å². The molecule has 0 unspecified atom stereocenters. The van der Waals surface area contributed by atoms with Crippen LogP contribution in [0.4, 0.5) is 4.79 Å². The van der Waals surface area contributed by atoms with Crippen LogP contribution in [0.2, 0.25) is 0 Å².